The van der Waals surface area contributed by atoms with E-state index in [9.17, 15) is 0 Å². The molecule has 0 aliphatic rings. The monoisotopic (exact) mass is 414 g/mol. The van der Waals surface area contributed by atoms with Gasteiger partial charge in [0.15, 0.2) is 0 Å². The summed E-state index contributed by atoms with van der Waals surface area (Å²) < 4.78 is 0. The lowest BCUT2D eigenvalue weighted by Crippen LogP contribution is -2.27. The van der Waals surface area contributed by atoms with Crippen LogP contribution in [-0.2, 0) is 5.41 Å². The van der Waals surface area contributed by atoms with Crippen molar-refractivity contribution in [3.05, 3.63) is 110 Å². The van der Waals surface area contributed by atoms with Gasteiger partial charge in [-0.15, -0.1) is 26.3 Å². The van der Waals surface area contributed by atoms with E-state index >= 15 is 0 Å². The molecule has 2 aromatic carbocycles. The van der Waals surface area contributed by atoms with Gasteiger partial charge < -0.3 is 9.80 Å². The van der Waals surface area contributed by atoms with E-state index < -0.39 is 0 Å². The molecule has 0 saturated heterocycles. The number of benzene rings is 2. The normalized spacial score (nSPS) is 10.9. The standard InChI is InChI=1S/C29H38N2/c1-7-21-30(22-8-2)27-17-13-25(14-18-27)29(11-5,12-6)26-15-19-28(20-16-26)31(23-9-3)24-10-4/h7-10,13-20H,1-4,11-12,21-24H2,5-6H3. The Labute approximate surface area is 189 Å². The average Bonchev–Trinajstić information content (AvgIpc) is 2.81. The highest BCUT2D eigenvalue weighted by molar-refractivity contribution is 5.54. The summed E-state index contributed by atoms with van der Waals surface area (Å²) in [6, 6.07) is 18.1. The lowest BCUT2D eigenvalue weighted by atomic mass is 9.70. The third-order valence-electron chi connectivity index (χ3n) is 6.18. The summed E-state index contributed by atoms with van der Waals surface area (Å²) in [7, 11) is 0. The molecule has 0 spiro atoms. The van der Waals surface area contributed by atoms with Crippen LogP contribution in [0.1, 0.15) is 37.8 Å². The van der Waals surface area contributed by atoms with Crippen molar-refractivity contribution in [3.8, 4) is 0 Å². The van der Waals surface area contributed by atoms with Crippen molar-refractivity contribution in [2.45, 2.75) is 32.1 Å². The van der Waals surface area contributed by atoms with Gasteiger partial charge in [-0.3, -0.25) is 0 Å². The zero-order valence-electron chi connectivity index (χ0n) is 19.4. The molecule has 0 atom stereocenters. The number of anilines is 2. The highest BCUT2D eigenvalue weighted by Gasteiger charge is 2.30. The predicted octanol–water partition coefficient (Wildman–Crippen LogP) is 7.15. The van der Waals surface area contributed by atoms with E-state index in [4.69, 9.17) is 0 Å². The molecule has 31 heavy (non-hydrogen) atoms. The second-order valence-corrected chi connectivity index (χ2v) is 7.85. The van der Waals surface area contributed by atoms with Crippen LogP contribution in [0.15, 0.2) is 99.2 Å². The van der Waals surface area contributed by atoms with Gasteiger partial charge in [0.05, 0.1) is 0 Å². The fraction of sp³-hybridized carbons (Fsp3) is 0.310. The number of hydrogen-bond acceptors (Lipinski definition) is 2. The maximum Gasteiger partial charge on any atom is 0.0372 e. The van der Waals surface area contributed by atoms with E-state index in [0.29, 0.717) is 0 Å². The minimum atomic E-state index is 0.000464. The molecule has 0 fully saturated rings. The Morgan fingerprint density at radius 3 is 1.10 bits per heavy atom. The maximum atomic E-state index is 3.88. The van der Waals surface area contributed by atoms with Crippen LogP contribution in [0.5, 0.6) is 0 Å². The molecule has 2 heteroatoms. The highest BCUT2D eigenvalue weighted by Crippen LogP contribution is 2.40. The molecule has 0 radical (unpaired) electrons. The summed E-state index contributed by atoms with van der Waals surface area (Å²) in [6.07, 6.45) is 9.84. The Kier molecular flexibility index (Phi) is 9.40. The average molecular weight is 415 g/mol. The lowest BCUT2D eigenvalue weighted by Gasteiger charge is -2.34. The van der Waals surface area contributed by atoms with Crippen LogP contribution in [0.25, 0.3) is 0 Å². The largest absolute Gasteiger partial charge is 0.364 e. The van der Waals surface area contributed by atoms with Crippen LogP contribution in [0.2, 0.25) is 0 Å². The first-order chi connectivity index (χ1) is 15.1. The zero-order chi connectivity index (χ0) is 22.7. The molecule has 164 valence electrons. The van der Waals surface area contributed by atoms with Gasteiger partial charge in [-0.25, -0.2) is 0 Å². The summed E-state index contributed by atoms with van der Waals surface area (Å²) in [6.45, 7) is 23.4. The predicted molar refractivity (Wildman–Crippen MR) is 139 cm³/mol. The smallest absolute Gasteiger partial charge is 0.0372 e. The van der Waals surface area contributed by atoms with Crippen molar-refractivity contribution in [2.75, 3.05) is 36.0 Å². The molecule has 0 aliphatic heterocycles. The van der Waals surface area contributed by atoms with Crippen LogP contribution in [0, 0.1) is 0 Å². The van der Waals surface area contributed by atoms with Gasteiger partial charge >= 0.3 is 0 Å². The molecule has 0 N–H and O–H groups in total. The Bertz CT molecular complexity index is 752. The third kappa shape index (κ3) is 5.58. The molecule has 0 heterocycles. The van der Waals surface area contributed by atoms with Gasteiger partial charge in [-0.1, -0.05) is 62.4 Å². The fourth-order valence-corrected chi connectivity index (χ4v) is 4.41. The lowest BCUT2D eigenvalue weighted by molar-refractivity contribution is 0.478. The summed E-state index contributed by atoms with van der Waals surface area (Å²) >= 11 is 0. The molecule has 0 aromatic heterocycles. The zero-order valence-corrected chi connectivity index (χ0v) is 19.4. The highest BCUT2D eigenvalue weighted by atomic mass is 15.1. The van der Waals surface area contributed by atoms with Crippen LogP contribution >= 0.6 is 0 Å². The molecule has 2 rings (SSSR count). The van der Waals surface area contributed by atoms with Crippen LogP contribution in [0.4, 0.5) is 11.4 Å². The van der Waals surface area contributed by atoms with Crippen molar-refractivity contribution < 1.29 is 0 Å². The topological polar surface area (TPSA) is 6.48 Å². The van der Waals surface area contributed by atoms with Gasteiger partial charge in [-0.05, 0) is 48.2 Å². The minimum Gasteiger partial charge on any atom is -0.364 e. The van der Waals surface area contributed by atoms with Crippen molar-refractivity contribution in [3.63, 3.8) is 0 Å². The summed E-state index contributed by atoms with van der Waals surface area (Å²) in [4.78, 5) is 4.54. The van der Waals surface area contributed by atoms with Gasteiger partial charge in [0, 0.05) is 43.0 Å². The molecule has 0 amide bonds. The summed E-state index contributed by atoms with van der Waals surface area (Å²) in [5.74, 6) is 0. The molecular formula is C29H38N2. The van der Waals surface area contributed by atoms with Crippen molar-refractivity contribution in [1.82, 2.24) is 0 Å². The van der Waals surface area contributed by atoms with Gasteiger partial charge in [-0.2, -0.15) is 0 Å². The SMILES string of the molecule is C=CCN(CC=C)c1ccc(C(CC)(CC)c2ccc(N(CC=C)CC=C)cc2)cc1. The van der Waals surface area contributed by atoms with E-state index in [-0.39, 0.29) is 5.41 Å². The van der Waals surface area contributed by atoms with E-state index in [1.54, 1.807) is 0 Å². The van der Waals surface area contributed by atoms with Crippen molar-refractivity contribution in [2.24, 2.45) is 0 Å². The second-order valence-electron chi connectivity index (χ2n) is 7.85. The minimum absolute atomic E-state index is 0.000464. The Hall–Kier alpha value is -3.00. The molecule has 0 bridgehead atoms. The molecule has 0 aliphatic carbocycles. The first kappa shape index (κ1) is 24.3. The van der Waals surface area contributed by atoms with Crippen LogP contribution in [-0.4, -0.2) is 26.2 Å². The van der Waals surface area contributed by atoms with Gasteiger partial charge in [0.25, 0.3) is 0 Å². The molecule has 0 unspecified atom stereocenters. The van der Waals surface area contributed by atoms with Gasteiger partial charge in [0.1, 0.15) is 0 Å². The number of hydrogen-bond donors (Lipinski definition) is 0. The van der Waals surface area contributed by atoms with Gasteiger partial charge in [0.2, 0.25) is 0 Å². The Morgan fingerprint density at radius 1 is 0.581 bits per heavy atom. The van der Waals surface area contributed by atoms with Crippen LogP contribution < -0.4 is 9.80 Å². The van der Waals surface area contributed by atoms with E-state index in [1.807, 2.05) is 24.3 Å². The Balaban J connectivity index is 2.38. The number of nitrogens with zero attached hydrogens (tertiary/aromatic N) is 2. The fourth-order valence-electron chi connectivity index (χ4n) is 4.41. The molecule has 2 nitrogen and oxygen atoms in total. The number of rotatable bonds is 14. The summed E-state index contributed by atoms with van der Waals surface area (Å²) in [5.41, 5.74) is 5.12. The molecular weight excluding hydrogens is 376 g/mol. The van der Waals surface area contributed by atoms with Crippen LogP contribution in [0.3, 0.4) is 0 Å². The van der Waals surface area contributed by atoms with Crippen molar-refractivity contribution >= 4 is 11.4 Å². The van der Waals surface area contributed by atoms with Crippen molar-refractivity contribution in [1.29, 1.82) is 0 Å². The Morgan fingerprint density at radius 2 is 0.871 bits per heavy atom. The summed E-state index contributed by atoms with van der Waals surface area (Å²) in [5, 5.41) is 0. The van der Waals surface area contributed by atoms with E-state index in [1.165, 1.54) is 22.5 Å². The molecule has 2 aromatic rings. The van der Waals surface area contributed by atoms with E-state index in [0.717, 1.165) is 39.0 Å². The molecule has 0 saturated carbocycles. The van der Waals surface area contributed by atoms with E-state index in [2.05, 4.69) is 98.5 Å². The second kappa shape index (κ2) is 12.0. The quantitative estimate of drug-likeness (QED) is 0.303. The third-order valence-corrected chi connectivity index (χ3v) is 6.18. The first-order valence-electron chi connectivity index (χ1n) is 11.2. The maximum absolute atomic E-state index is 3.88. The first-order valence-corrected chi connectivity index (χ1v) is 11.2.